The average Bonchev–Trinajstić information content (AvgIpc) is 3.41. The van der Waals surface area contributed by atoms with Gasteiger partial charge in [0, 0.05) is 74.7 Å². The lowest BCUT2D eigenvalue weighted by molar-refractivity contribution is -0.0742. The Hall–Kier alpha value is -3.15. The van der Waals surface area contributed by atoms with Crippen molar-refractivity contribution >= 4 is 11.8 Å². The van der Waals surface area contributed by atoms with Gasteiger partial charge in [-0.15, -0.1) is 0 Å². The minimum atomic E-state index is -0.399. The first-order valence-electron chi connectivity index (χ1n) is 21.0. The first-order chi connectivity index (χ1) is 25.7. The summed E-state index contributed by atoms with van der Waals surface area (Å²) in [7, 11) is 0. The van der Waals surface area contributed by atoms with Crippen LogP contribution in [0.2, 0.25) is 0 Å². The van der Waals surface area contributed by atoms with E-state index in [-0.39, 0.29) is 17.7 Å². The zero-order valence-corrected chi connectivity index (χ0v) is 36.0. The van der Waals surface area contributed by atoms with E-state index in [1.54, 1.807) is 24.3 Å². The van der Waals surface area contributed by atoms with Crippen LogP contribution in [-0.4, -0.2) is 113 Å². The number of ether oxygens (including phenoxy) is 2. The quantitative estimate of drug-likeness (QED) is 0.226. The molecule has 54 heavy (non-hydrogen) atoms. The van der Waals surface area contributed by atoms with Gasteiger partial charge in [-0.2, -0.15) is 0 Å². The number of nitrogens with zero attached hydrogens (tertiary/aromatic N) is 4. The number of amides is 1. The number of nitrogens with two attached hydrogens (primary N) is 3. The van der Waals surface area contributed by atoms with Crippen molar-refractivity contribution in [3.63, 3.8) is 0 Å². The molecule has 4 saturated heterocycles. The van der Waals surface area contributed by atoms with Crippen LogP contribution in [0.5, 0.6) is 5.75 Å². The number of hydrogen-bond acceptors (Lipinski definition) is 10. The minimum Gasteiger partial charge on any atom is -0.507 e. The molecule has 1 aromatic carbocycles. The molecule has 0 radical (unpaired) electrons. The van der Waals surface area contributed by atoms with E-state index in [9.17, 15) is 9.90 Å². The molecule has 1 amide bonds. The number of piperazine rings is 1. The lowest BCUT2D eigenvalue weighted by atomic mass is 9.60. The molecule has 1 spiro atoms. The number of fused-ring (bicyclic) bond motifs is 2. The van der Waals surface area contributed by atoms with Gasteiger partial charge in [-0.1, -0.05) is 60.1 Å². The molecule has 310 valence electrons. The van der Waals surface area contributed by atoms with Crippen LogP contribution in [-0.2, 0) is 9.47 Å². The summed E-state index contributed by atoms with van der Waals surface area (Å²) in [5, 5.41) is 10.0. The molecule has 11 heteroatoms. The highest BCUT2D eigenvalue weighted by Gasteiger charge is 2.48. The molecule has 5 fully saturated rings. The Morgan fingerprint density at radius 1 is 0.907 bits per heavy atom. The fourth-order valence-electron chi connectivity index (χ4n) is 8.31. The Morgan fingerprint density at radius 2 is 1.43 bits per heavy atom. The van der Waals surface area contributed by atoms with Gasteiger partial charge in [0.1, 0.15) is 17.2 Å². The van der Waals surface area contributed by atoms with Crippen LogP contribution >= 0.6 is 0 Å². The number of morpholine rings is 1. The normalized spacial score (nSPS) is 22.6. The van der Waals surface area contributed by atoms with Gasteiger partial charge in [0.15, 0.2) is 0 Å². The number of para-hydroxylation sites is 1. The summed E-state index contributed by atoms with van der Waals surface area (Å²) in [5.41, 5.74) is 20.1. The molecule has 2 bridgehead atoms. The van der Waals surface area contributed by atoms with Gasteiger partial charge in [0.2, 0.25) is 0 Å². The third-order valence-corrected chi connectivity index (χ3v) is 10.7. The molecule has 11 nitrogen and oxygen atoms in total. The van der Waals surface area contributed by atoms with Crippen LogP contribution in [0.4, 0.5) is 4.79 Å². The number of benzene rings is 1. The summed E-state index contributed by atoms with van der Waals surface area (Å²) in [6, 6.07) is 9.34. The lowest BCUT2D eigenvalue weighted by Crippen LogP contribution is -2.57. The number of carbonyl (C=O) groups excluding carboxylic acids is 1. The molecule has 2 atom stereocenters. The number of allylic oxidation sites excluding steroid dienone is 1. The van der Waals surface area contributed by atoms with Gasteiger partial charge in [-0.05, 0) is 96.8 Å². The fraction of sp³-hybridized carbons (Fsp3) is 0.744. The Labute approximate surface area is 329 Å². The molecule has 4 heterocycles. The topological polar surface area (TPSA) is 147 Å². The van der Waals surface area contributed by atoms with Crippen LogP contribution in [0, 0.1) is 5.41 Å². The number of phenols is 1. The zero-order valence-electron chi connectivity index (χ0n) is 36.0. The summed E-state index contributed by atoms with van der Waals surface area (Å²) >= 11 is 0. The van der Waals surface area contributed by atoms with Crippen LogP contribution in [0.15, 0.2) is 41.9 Å². The van der Waals surface area contributed by atoms with Gasteiger partial charge < -0.3 is 41.6 Å². The van der Waals surface area contributed by atoms with Crippen molar-refractivity contribution in [2.24, 2.45) is 22.6 Å². The Kier molecular flexibility index (Phi) is 19.5. The van der Waals surface area contributed by atoms with Gasteiger partial charge in [-0.25, -0.2) is 4.79 Å². The molecule has 5 aliphatic rings. The van der Waals surface area contributed by atoms with E-state index in [0.717, 1.165) is 77.1 Å². The number of aromatic hydroxyl groups is 1. The maximum Gasteiger partial charge on any atom is 0.410 e. The first-order valence-corrected chi connectivity index (χ1v) is 21.0. The molecular weight excluding hydrogens is 679 g/mol. The highest BCUT2D eigenvalue weighted by atomic mass is 16.6. The Morgan fingerprint density at radius 3 is 1.89 bits per heavy atom. The SMILES string of the molecule is CC.CC.CC(C)(C)OC(=O)N1CCC2(CC1)CC(N1CCOCC1)C2.CC(C)N1C2CCC1CN(C(/C=C(\N)c1ccccc1O)=C(N)N)C2.CCC. The average molecular weight is 758 g/mol. The van der Waals surface area contributed by atoms with Crippen molar-refractivity contribution in [1.82, 2.24) is 19.6 Å². The number of carbonyl (C=O) groups is 1. The largest absolute Gasteiger partial charge is 0.507 e. The predicted octanol–water partition coefficient (Wildman–Crippen LogP) is 7.30. The molecular formula is C43H79N7O4. The summed E-state index contributed by atoms with van der Waals surface area (Å²) in [5.74, 6) is 0.409. The number of likely N-dealkylation sites (tertiary alicyclic amines) is 2. The van der Waals surface area contributed by atoms with Crippen molar-refractivity contribution in [1.29, 1.82) is 0 Å². The van der Waals surface area contributed by atoms with E-state index in [1.165, 1.54) is 32.1 Å². The third-order valence-electron chi connectivity index (χ3n) is 10.7. The molecule has 1 saturated carbocycles. The third kappa shape index (κ3) is 13.3. The summed E-state index contributed by atoms with van der Waals surface area (Å²) < 4.78 is 10.9. The lowest BCUT2D eigenvalue weighted by Gasteiger charge is -2.55. The number of rotatable bonds is 5. The van der Waals surface area contributed by atoms with E-state index in [4.69, 9.17) is 26.7 Å². The molecule has 7 N–H and O–H groups in total. The van der Waals surface area contributed by atoms with Gasteiger partial charge in [0.05, 0.1) is 18.9 Å². The molecule has 4 aliphatic heterocycles. The highest BCUT2D eigenvalue weighted by molar-refractivity contribution is 5.70. The Bertz CT molecular complexity index is 1290. The molecule has 2 unspecified atom stereocenters. The van der Waals surface area contributed by atoms with Crippen molar-refractivity contribution in [3.05, 3.63) is 47.4 Å². The summed E-state index contributed by atoms with van der Waals surface area (Å²) in [6.45, 7) is 30.0. The second-order valence-electron chi connectivity index (χ2n) is 16.2. The molecule has 6 rings (SSSR count). The Balaban J connectivity index is 0.000000322. The molecule has 0 aromatic heterocycles. The summed E-state index contributed by atoms with van der Waals surface area (Å²) in [6.07, 6.45) is 10.2. The van der Waals surface area contributed by atoms with E-state index in [0.29, 0.717) is 34.8 Å². The standard InChI is InChI=1S/C19H29N5O.C17H30N2O3.C3H8.2C2H6/c1-12(2)24-13-7-8-14(24)11-23(10-13)17(19(21)22)9-16(20)15-5-3-4-6-18(15)25;1-16(2,3)22-15(20)19-6-4-17(5-7-19)12-14(13-17)18-8-10-21-11-9-18;1-3-2;2*1-2/h3-6,9,12-14,25H,7-8,10-11,20-22H2,1-2H3;14H,4-13H2,1-3H3;3H2,1-2H3;2*1-2H3/b16-9-;;;;. The predicted molar refractivity (Wildman–Crippen MR) is 225 cm³/mol. The monoisotopic (exact) mass is 758 g/mol. The van der Waals surface area contributed by atoms with E-state index in [2.05, 4.69) is 42.4 Å². The van der Waals surface area contributed by atoms with Crippen LogP contribution in [0.3, 0.4) is 0 Å². The smallest absolute Gasteiger partial charge is 0.410 e. The van der Waals surface area contributed by atoms with Crippen LogP contribution in [0.25, 0.3) is 5.70 Å². The second kappa shape index (κ2) is 22.4. The maximum absolute atomic E-state index is 12.1. The number of phenolic OH excluding ortho intramolecular Hbond substituents is 1. The van der Waals surface area contributed by atoms with E-state index < -0.39 is 5.60 Å². The van der Waals surface area contributed by atoms with Crippen LogP contribution < -0.4 is 17.2 Å². The van der Waals surface area contributed by atoms with E-state index >= 15 is 0 Å². The van der Waals surface area contributed by atoms with Crippen molar-refractivity contribution in [3.8, 4) is 5.75 Å². The van der Waals surface area contributed by atoms with Crippen molar-refractivity contribution < 1.29 is 19.4 Å². The van der Waals surface area contributed by atoms with Crippen LogP contribution in [0.1, 0.15) is 127 Å². The molecule has 1 aromatic rings. The van der Waals surface area contributed by atoms with Gasteiger partial charge in [0.25, 0.3) is 0 Å². The zero-order chi connectivity index (χ0) is 40.6. The fourth-order valence-corrected chi connectivity index (χ4v) is 8.31. The maximum atomic E-state index is 12.1. The van der Waals surface area contributed by atoms with Gasteiger partial charge >= 0.3 is 6.09 Å². The van der Waals surface area contributed by atoms with Gasteiger partial charge in [-0.3, -0.25) is 9.80 Å². The van der Waals surface area contributed by atoms with E-state index in [1.807, 2.05) is 59.4 Å². The van der Waals surface area contributed by atoms with Crippen molar-refractivity contribution in [2.45, 2.75) is 151 Å². The minimum absolute atomic E-state index is 0.147. The summed E-state index contributed by atoms with van der Waals surface area (Å²) in [4.78, 5) is 21.5. The first kappa shape index (κ1) is 47.0. The molecule has 1 aliphatic carbocycles. The second-order valence-corrected chi connectivity index (χ2v) is 16.2. The van der Waals surface area contributed by atoms with Crippen molar-refractivity contribution in [2.75, 3.05) is 52.5 Å². The highest BCUT2D eigenvalue weighted by Crippen LogP contribution is 2.51. The number of hydrogen-bond donors (Lipinski definition) is 4. The number of piperidine rings is 1.